The van der Waals surface area contributed by atoms with Gasteiger partial charge in [-0.05, 0) is 41.3 Å². The van der Waals surface area contributed by atoms with Crippen LogP contribution in [0.1, 0.15) is 39.5 Å². The molecule has 1 aliphatic heterocycles. The zero-order valence-electron chi connectivity index (χ0n) is 12.4. The molecule has 0 aromatic heterocycles. The monoisotopic (exact) mass is 317 g/mol. The molecule has 2 aromatic rings. The molecule has 1 aliphatic rings. The van der Waals surface area contributed by atoms with E-state index in [9.17, 15) is 18.0 Å². The van der Waals surface area contributed by atoms with Crippen LogP contribution in [0.25, 0.3) is 0 Å². The van der Waals surface area contributed by atoms with Gasteiger partial charge in [0.25, 0.3) is 5.91 Å². The number of aliphatic imine (C=N–C) groups is 1. The van der Waals surface area contributed by atoms with Crippen LogP contribution in [0.5, 0.6) is 0 Å². The van der Waals surface area contributed by atoms with E-state index in [1.54, 1.807) is 6.07 Å². The van der Waals surface area contributed by atoms with Crippen molar-refractivity contribution in [2.75, 3.05) is 0 Å². The van der Waals surface area contributed by atoms with E-state index >= 15 is 0 Å². The van der Waals surface area contributed by atoms with Crippen LogP contribution < -0.4 is 0 Å². The Morgan fingerprint density at radius 1 is 1.09 bits per heavy atom. The number of halogens is 3. The van der Waals surface area contributed by atoms with Crippen LogP contribution in [0.2, 0.25) is 0 Å². The van der Waals surface area contributed by atoms with Crippen molar-refractivity contribution >= 4 is 11.6 Å². The number of rotatable bonds is 2. The fraction of sp³-hybridized carbons (Fsp3) is 0.222. The molecule has 3 rings (SSSR count). The minimum Gasteiger partial charge on any atom is -0.267 e. The highest BCUT2D eigenvalue weighted by Crippen LogP contribution is 2.30. The third kappa shape index (κ3) is 2.91. The third-order valence-corrected chi connectivity index (χ3v) is 4.01. The van der Waals surface area contributed by atoms with Gasteiger partial charge in [-0.2, -0.15) is 13.2 Å². The SMILES string of the molecule is CCc1cccc2c1CC(c1ccc(C(F)(F)F)cc1)=NC2=O. The molecule has 5 heteroatoms. The molecule has 0 saturated carbocycles. The average molecular weight is 317 g/mol. The number of hydrogen-bond donors (Lipinski definition) is 0. The average Bonchev–Trinajstić information content (AvgIpc) is 2.53. The first kappa shape index (κ1) is 15.5. The molecule has 0 saturated heterocycles. The van der Waals surface area contributed by atoms with Gasteiger partial charge in [0.05, 0.1) is 11.3 Å². The number of nitrogens with zero attached hydrogens (tertiary/aromatic N) is 1. The van der Waals surface area contributed by atoms with E-state index in [1.807, 2.05) is 19.1 Å². The van der Waals surface area contributed by atoms with E-state index in [4.69, 9.17) is 0 Å². The van der Waals surface area contributed by atoms with Gasteiger partial charge in [-0.15, -0.1) is 0 Å². The van der Waals surface area contributed by atoms with E-state index in [0.29, 0.717) is 23.3 Å². The zero-order valence-corrected chi connectivity index (χ0v) is 12.4. The minimum atomic E-state index is -4.37. The summed E-state index contributed by atoms with van der Waals surface area (Å²) in [7, 11) is 0. The van der Waals surface area contributed by atoms with Crippen LogP contribution in [0.15, 0.2) is 47.5 Å². The maximum atomic E-state index is 12.6. The molecule has 2 aromatic carbocycles. The summed E-state index contributed by atoms with van der Waals surface area (Å²) in [6.45, 7) is 2.00. The van der Waals surface area contributed by atoms with Gasteiger partial charge < -0.3 is 0 Å². The lowest BCUT2D eigenvalue weighted by molar-refractivity contribution is -0.137. The second kappa shape index (κ2) is 5.65. The summed E-state index contributed by atoms with van der Waals surface area (Å²) in [6.07, 6.45) is -3.13. The molecule has 1 heterocycles. The Morgan fingerprint density at radius 3 is 2.39 bits per heavy atom. The van der Waals surface area contributed by atoms with Crippen molar-refractivity contribution < 1.29 is 18.0 Å². The van der Waals surface area contributed by atoms with Crippen molar-refractivity contribution in [3.05, 3.63) is 70.3 Å². The Hall–Kier alpha value is -2.43. The lowest BCUT2D eigenvalue weighted by atomic mass is 9.90. The van der Waals surface area contributed by atoms with Gasteiger partial charge in [0.15, 0.2) is 0 Å². The van der Waals surface area contributed by atoms with Crippen molar-refractivity contribution in [2.24, 2.45) is 4.99 Å². The van der Waals surface area contributed by atoms with Crippen molar-refractivity contribution in [1.29, 1.82) is 0 Å². The smallest absolute Gasteiger partial charge is 0.267 e. The van der Waals surface area contributed by atoms with Crippen molar-refractivity contribution in [3.63, 3.8) is 0 Å². The second-order valence-corrected chi connectivity index (χ2v) is 5.41. The number of carbonyl (C=O) groups excluding carboxylic acids is 1. The quantitative estimate of drug-likeness (QED) is 0.804. The topological polar surface area (TPSA) is 29.4 Å². The molecular formula is C18H14F3NO. The highest BCUT2D eigenvalue weighted by molar-refractivity contribution is 6.15. The Labute approximate surface area is 131 Å². The summed E-state index contributed by atoms with van der Waals surface area (Å²) in [5, 5.41) is 0. The van der Waals surface area contributed by atoms with Crippen LogP contribution in [0, 0.1) is 0 Å². The minimum absolute atomic E-state index is 0.337. The molecule has 1 amide bonds. The lowest BCUT2D eigenvalue weighted by Gasteiger charge is -2.18. The Morgan fingerprint density at radius 2 is 1.78 bits per heavy atom. The summed E-state index contributed by atoms with van der Waals surface area (Å²) in [5.74, 6) is -0.337. The Balaban J connectivity index is 1.98. The number of fused-ring (bicyclic) bond motifs is 1. The van der Waals surface area contributed by atoms with Gasteiger partial charge in [-0.3, -0.25) is 4.79 Å². The number of aryl methyl sites for hydroxylation is 1. The molecule has 2 nitrogen and oxygen atoms in total. The largest absolute Gasteiger partial charge is 0.416 e. The number of alkyl halides is 3. The van der Waals surface area contributed by atoms with Gasteiger partial charge in [-0.25, -0.2) is 4.99 Å². The Bertz CT molecular complexity index is 789. The van der Waals surface area contributed by atoms with Crippen LogP contribution >= 0.6 is 0 Å². The summed E-state index contributed by atoms with van der Waals surface area (Å²) >= 11 is 0. The molecule has 0 unspecified atom stereocenters. The van der Waals surface area contributed by atoms with Crippen LogP contribution in [0.4, 0.5) is 13.2 Å². The van der Waals surface area contributed by atoms with Gasteiger partial charge in [0.1, 0.15) is 0 Å². The molecule has 0 aliphatic carbocycles. The van der Waals surface area contributed by atoms with Gasteiger partial charge >= 0.3 is 6.18 Å². The fourth-order valence-corrected chi connectivity index (χ4v) is 2.78. The second-order valence-electron chi connectivity index (χ2n) is 5.41. The fourth-order valence-electron chi connectivity index (χ4n) is 2.78. The molecular weight excluding hydrogens is 303 g/mol. The molecule has 0 N–H and O–H groups in total. The summed E-state index contributed by atoms with van der Waals surface area (Å²) in [4.78, 5) is 16.3. The molecule has 0 atom stereocenters. The summed E-state index contributed by atoms with van der Waals surface area (Å²) in [6, 6.07) is 10.3. The van der Waals surface area contributed by atoms with Crippen LogP contribution in [0.3, 0.4) is 0 Å². The molecule has 0 fully saturated rings. The molecule has 118 valence electrons. The van der Waals surface area contributed by atoms with Crippen molar-refractivity contribution in [2.45, 2.75) is 25.9 Å². The highest BCUT2D eigenvalue weighted by atomic mass is 19.4. The normalized spacial score (nSPS) is 14.4. The standard InChI is InChI=1S/C18H14F3NO/c1-2-11-4-3-5-14-15(11)10-16(22-17(14)23)12-6-8-13(9-7-12)18(19,20)21/h3-9H,2,10H2,1H3. The maximum Gasteiger partial charge on any atom is 0.416 e. The Kier molecular flexibility index (Phi) is 3.80. The first-order chi connectivity index (χ1) is 10.9. The number of amides is 1. The van der Waals surface area contributed by atoms with Gasteiger partial charge in [-0.1, -0.05) is 31.2 Å². The van der Waals surface area contributed by atoms with E-state index in [0.717, 1.165) is 29.7 Å². The zero-order chi connectivity index (χ0) is 16.6. The lowest BCUT2D eigenvalue weighted by Crippen LogP contribution is -2.19. The number of carbonyl (C=O) groups is 1. The molecule has 0 radical (unpaired) electrons. The van der Waals surface area contributed by atoms with E-state index in [1.165, 1.54) is 12.1 Å². The van der Waals surface area contributed by atoms with Crippen molar-refractivity contribution in [1.82, 2.24) is 0 Å². The summed E-state index contributed by atoms with van der Waals surface area (Å²) < 4.78 is 37.9. The third-order valence-electron chi connectivity index (χ3n) is 4.01. The van der Waals surface area contributed by atoms with E-state index in [-0.39, 0.29) is 5.91 Å². The molecule has 0 spiro atoms. The van der Waals surface area contributed by atoms with E-state index in [2.05, 4.69) is 4.99 Å². The van der Waals surface area contributed by atoms with Gasteiger partial charge in [0, 0.05) is 12.0 Å². The molecule has 23 heavy (non-hydrogen) atoms. The maximum absolute atomic E-state index is 12.6. The highest BCUT2D eigenvalue weighted by Gasteiger charge is 2.30. The first-order valence-corrected chi connectivity index (χ1v) is 7.30. The first-order valence-electron chi connectivity index (χ1n) is 7.30. The number of benzene rings is 2. The van der Waals surface area contributed by atoms with Gasteiger partial charge in [0.2, 0.25) is 0 Å². The summed E-state index contributed by atoms with van der Waals surface area (Å²) in [5.41, 5.74) is 2.92. The van der Waals surface area contributed by atoms with E-state index < -0.39 is 11.7 Å². The van der Waals surface area contributed by atoms with Crippen molar-refractivity contribution in [3.8, 4) is 0 Å². The predicted octanol–water partition coefficient (Wildman–Crippen LogP) is 4.45. The number of hydrogen-bond acceptors (Lipinski definition) is 1. The van der Waals surface area contributed by atoms with Crippen LogP contribution in [-0.2, 0) is 19.0 Å². The molecule has 0 bridgehead atoms. The van der Waals surface area contributed by atoms with Crippen LogP contribution in [-0.4, -0.2) is 11.6 Å². The predicted molar refractivity (Wildman–Crippen MR) is 81.8 cm³/mol.